The zero-order valence-electron chi connectivity index (χ0n) is 10.2. The van der Waals surface area contributed by atoms with E-state index >= 15 is 0 Å². The smallest absolute Gasteiger partial charge is 0.177 e. The van der Waals surface area contributed by atoms with Crippen molar-refractivity contribution in [3.63, 3.8) is 0 Å². The second-order valence-corrected chi connectivity index (χ2v) is 6.94. The Kier molecular flexibility index (Phi) is 2.64. The van der Waals surface area contributed by atoms with Crippen LogP contribution in [0.25, 0.3) is 21.7 Å². The van der Waals surface area contributed by atoms with Gasteiger partial charge in [0.15, 0.2) is 15.7 Å². The summed E-state index contributed by atoms with van der Waals surface area (Å²) in [4.78, 5) is 8.52. The number of para-hydroxylation sites is 1. The number of benzene rings is 1. The van der Waals surface area contributed by atoms with Gasteiger partial charge in [0.1, 0.15) is 10.4 Å². The van der Waals surface area contributed by atoms with Crippen molar-refractivity contribution in [1.29, 1.82) is 0 Å². The molecule has 0 atom stereocenters. The predicted molar refractivity (Wildman–Crippen MR) is 72.8 cm³/mol. The van der Waals surface area contributed by atoms with Gasteiger partial charge in [-0.3, -0.25) is 0 Å². The molecular weight excluding hydrogens is 284 g/mol. The first-order valence-electron chi connectivity index (χ1n) is 5.45. The molecule has 0 aliphatic carbocycles. The van der Waals surface area contributed by atoms with Gasteiger partial charge in [0.05, 0.1) is 16.1 Å². The molecule has 1 aromatic carbocycles. The predicted octanol–water partition coefficient (Wildman–Crippen LogP) is 1.79. The van der Waals surface area contributed by atoms with Crippen LogP contribution in [0.1, 0.15) is 5.69 Å². The molecule has 0 bridgehead atoms. The lowest BCUT2D eigenvalue weighted by atomic mass is 10.3. The van der Waals surface area contributed by atoms with Gasteiger partial charge in [0, 0.05) is 6.26 Å². The van der Waals surface area contributed by atoms with E-state index in [1.807, 2.05) is 6.92 Å². The first-order chi connectivity index (χ1) is 8.97. The van der Waals surface area contributed by atoms with Crippen LogP contribution in [0.15, 0.2) is 23.1 Å². The lowest BCUT2D eigenvalue weighted by Crippen LogP contribution is -1.97. The Hall–Kier alpha value is -1.80. The SMILES string of the molecule is Cc1nnsc1-c1nc2c(S(C)(=O)=O)cccc2[nH]1. The highest BCUT2D eigenvalue weighted by atomic mass is 32.2. The topological polar surface area (TPSA) is 88.6 Å². The molecule has 0 unspecified atom stereocenters. The molecule has 98 valence electrons. The Morgan fingerprint density at radius 3 is 2.74 bits per heavy atom. The Bertz CT molecular complexity index is 864. The van der Waals surface area contributed by atoms with E-state index in [0.717, 1.165) is 10.6 Å². The lowest BCUT2D eigenvalue weighted by molar-refractivity contribution is 0.602. The van der Waals surface area contributed by atoms with Gasteiger partial charge in [-0.25, -0.2) is 13.4 Å². The fraction of sp³-hybridized carbons (Fsp3) is 0.182. The summed E-state index contributed by atoms with van der Waals surface area (Å²) in [5.41, 5.74) is 1.91. The van der Waals surface area contributed by atoms with Gasteiger partial charge in [0.2, 0.25) is 0 Å². The molecule has 0 saturated heterocycles. The molecule has 2 aromatic heterocycles. The van der Waals surface area contributed by atoms with E-state index in [2.05, 4.69) is 19.6 Å². The van der Waals surface area contributed by atoms with Crippen LogP contribution in [-0.4, -0.2) is 34.2 Å². The van der Waals surface area contributed by atoms with Crippen molar-refractivity contribution in [2.24, 2.45) is 0 Å². The molecule has 3 aromatic rings. The van der Waals surface area contributed by atoms with Crippen molar-refractivity contribution in [1.82, 2.24) is 19.6 Å². The number of hydrogen-bond donors (Lipinski definition) is 1. The normalized spacial score (nSPS) is 12.1. The lowest BCUT2D eigenvalue weighted by Gasteiger charge is -1.97. The van der Waals surface area contributed by atoms with E-state index in [4.69, 9.17) is 0 Å². The average Bonchev–Trinajstić information content (AvgIpc) is 2.91. The summed E-state index contributed by atoms with van der Waals surface area (Å²) < 4.78 is 27.3. The number of sulfone groups is 1. The molecule has 19 heavy (non-hydrogen) atoms. The van der Waals surface area contributed by atoms with Crippen LogP contribution in [0, 0.1) is 6.92 Å². The number of imidazole rings is 1. The molecule has 1 N–H and O–H groups in total. The summed E-state index contributed by atoms with van der Waals surface area (Å²) in [6.45, 7) is 1.84. The summed E-state index contributed by atoms with van der Waals surface area (Å²) in [7, 11) is -3.31. The highest BCUT2D eigenvalue weighted by Crippen LogP contribution is 2.28. The Labute approximate surface area is 113 Å². The molecule has 0 amide bonds. The maximum Gasteiger partial charge on any atom is 0.177 e. The minimum atomic E-state index is -3.31. The van der Waals surface area contributed by atoms with Crippen LogP contribution < -0.4 is 0 Å². The molecule has 6 nitrogen and oxygen atoms in total. The molecule has 2 heterocycles. The van der Waals surface area contributed by atoms with E-state index < -0.39 is 9.84 Å². The highest BCUT2D eigenvalue weighted by Gasteiger charge is 2.17. The first kappa shape index (κ1) is 12.2. The number of hydrogen-bond acceptors (Lipinski definition) is 6. The monoisotopic (exact) mass is 294 g/mol. The van der Waals surface area contributed by atoms with Crippen LogP contribution in [0.4, 0.5) is 0 Å². The Morgan fingerprint density at radius 2 is 2.11 bits per heavy atom. The van der Waals surface area contributed by atoms with Crippen LogP contribution in [-0.2, 0) is 9.84 Å². The van der Waals surface area contributed by atoms with Gasteiger partial charge in [-0.1, -0.05) is 10.6 Å². The summed E-state index contributed by atoms with van der Waals surface area (Å²) in [5.74, 6) is 0.596. The minimum absolute atomic E-state index is 0.225. The van der Waals surface area contributed by atoms with Crippen molar-refractivity contribution >= 4 is 32.4 Å². The molecule has 0 saturated carbocycles. The summed E-state index contributed by atoms with van der Waals surface area (Å²) in [6.07, 6.45) is 1.18. The van der Waals surface area contributed by atoms with Gasteiger partial charge in [0.25, 0.3) is 0 Å². The highest BCUT2D eigenvalue weighted by molar-refractivity contribution is 7.91. The fourth-order valence-corrected chi connectivity index (χ4v) is 3.29. The standard InChI is InChI=1S/C11H10N4O2S2/c1-6-10(18-15-14-6)11-12-7-4-3-5-8(9(7)13-11)19(2,16)17/h3-5H,1-2H3,(H,12,13). The van der Waals surface area contributed by atoms with Gasteiger partial charge in [-0.2, -0.15) is 0 Å². The molecule has 0 radical (unpaired) electrons. The van der Waals surface area contributed by atoms with Crippen LogP contribution in [0.5, 0.6) is 0 Å². The second-order valence-electron chi connectivity index (χ2n) is 4.20. The third-order valence-electron chi connectivity index (χ3n) is 2.74. The zero-order chi connectivity index (χ0) is 13.6. The van der Waals surface area contributed by atoms with E-state index in [0.29, 0.717) is 16.9 Å². The third kappa shape index (κ3) is 2.02. The maximum absolute atomic E-state index is 11.7. The van der Waals surface area contributed by atoms with Gasteiger partial charge >= 0.3 is 0 Å². The van der Waals surface area contributed by atoms with Crippen LogP contribution >= 0.6 is 11.5 Å². The first-order valence-corrected chi connectivity index (χ1v) is 8.11. The Morgan fingerprint density at radius 1 is 1.32 bits per heavy atom. The van der Waals surface area contributed by atoms with Gasteiger partial charge in [-0.15, -0.1) is 5.10 Å². The summed E-state index contributed by atoms with van der Waals surface area (Å²) in [5, 5.41) is 3.92. The zero-order valence-corrected chi connectivity index (χ0v) is 11.8. The summed E-state index contributed by atoms with van der Waals surface area (Å²) in [6, 6.07) is 5.04. The van der Waals surface area contributed by atoms with Crippen molar-refractivity contribution in [3.8, 4) is 10.7 Å². The number of rotatable bonds is 2. The third-order valence-corrected chi connectivity index (χ3v) is 4.70. The molecule has 0 fully saturated rings. The molecular formula is C11H10N4O2S2. The van der Waals surface area contributed by atoms with Crippen LogP contribution in [0.3, 0.4) is 0 Å². The second kappa shape index (κ2) is 4.10. The van der Waals surface area contributed by atoms with E-state index in [1.165, 1.54) is 17.8 Å². The molecule has 0 spiro atoms. The summed E-state index contributed by atoms with van der Waals surface area (Å²) >= 11 is 1.23. The minimum Gasteiger partial charge on any atom is -0.337 e. The number of fused-ring (bicyclic) bond motifs is 1. The number of nitrogens with one attached hydrogen (secondary N) is 1. The Balaban J connectivity index is 2.31. The number of aromatic nitrogens is 4. The molecule has 3 rings (SSSR count). The molecule has 8 heteroatoms. The molecule has 0 aliphatic heterocycles. The van der Waals surface area contributed by atoms with Crippen molar-refractivity contribution in [2.45, 2.75) is 11.8 Å². The number of aromatic amines is 1. The van der Waals surface area contributed by atoms with Crippen molar-refractivity contribution in [3.05, 3.63) is 23.9 Å². The largest absolute Gasteiger partial charge is 0.337 e. The number of nitrogens with zero attached hydrogens (tertiary/aromatic N) is 3. The molecule has 0 aliphatic rings. The van der Waals surface area contributed by atoms with E-state index in [-0.39, 0.29) is 4.90 Å². The number of aryl methyl sites for hydroxylation is 1. The van der Waals surface area contributed by atoms with Crippen LogP contribution in [0.2, 0.25) is 0 Å². The maximum atomic E-state index is 11.7. The van der Waals surface area contributed by atoms with Crippen molar-refractivity contribution < 1.29 is 8.42 Å². The van der Waals surface area contributed by atoms with Crippen molar-refractivity contribution in [2.75, 3.05) is 6.26 Å². The van der Waals surface area contributed by atoms with Gasteiger partial charge < -0.3 is 4.98 Å². The van der Waals surface area contributed by atoms with E-state index in [9.17, 15) is 8.42 Å². The average molecular weight is 294 g/mol. The fourth-order valence-electron chi connectivity index (χ4n) is 1.86. The van der Waals surface area contributed by atoms with E-state index in [1.54, 1.807) is 18.2 Å². The van der Waals surface area contributed by atoms with Gasteiger partial charge in [-0.05, 0) is 30.6 Å². The number of H-pyrrole nitrogens is 1. The quantitative estimate of drug-likeness (QED) is 0.778.